The number of carbonyl (C=O) groups excluding carboxylic acids is 3. The molecule has 31 heavy (non-hydrogen) atoms. The lowest BCUT2D eigenvalue weighted by Crippen LogP contribution is -2.44. The van der Waals surface area contributed by atoms with Gasteiger partial charge in [-0.15, -0.1) is 0 Å². The number of benzene rings is 2. The number of ether oxygens (including phenoxy) is 1. The summed E-state index contributed by atoms with van der Waals surface area (Å²) >= 11 is 6.09. The first-order valence-corrected chi connectivity index (χ1v) is 10.7. The molecule has 0 radical (unpaired) electrons. The van der Waals surface area contributed by atoms with Crippen LogP contribution in [0.3, 0.4) is 0 Å². The van der Waals surface area contributed by atoms with E-state index in [2.05, 4.69) is 16.2 Å². The summed E-state index contributed by atoms with van der Waals surface area (Å²) in [5, 5.41) is 3.23. The molecule has 0 heterocycles. The molecule has 3 amide bonds. The van der Waals surface area contributed by atoms with Crippen molar-refractivity contribution < 1.29 is 19.1 Å². The fourth-order valence-electron chi connectivity index (χ4n) is 3.57. The lowest BCUT2D eigenvalue weighted by Gasteiger charge is -2.20. The van der Waals surface area contributed by atoms with Crippen LogP contribution in [0.4, 0.5) is 5.69 Å². The molecule has 1 aliphatic rings. The Labute approximate surface area is 186 Å². The highest BCUT2D eigenvalue weighted by molar-refractivity contribution is 6.32. The van der Waals surface area contributed by atoms with Crippen LogP contribution in [0.15, 0.2) is 42.5 Å². The van der Waals surface area contributed by atoms with Crippen molar-refractivity contribution in [2.24, 2.45) is 5.92 Å². The molecule has 1 fully saturated rings. The van der Waals surface area contributed by atoms with Gasteiger partial charge in [-0.3, -0.25) is 25.2 Å². The first kappa shape index (κ1) is 22.6. The average Bonchev–Trinajstić information content (AvgIpc) is 2.78. The second-order valence-corrected chi connectivity index (χ2v) is 7.96. The van der Waals surface area contributed by atoms with Crippen LogP contribution in [0.5, 0.6) is 5.75 Å². The Morgan fingerprint density at radius 1 is 1.00 bits per heavy atom. The number of hydrazine groups is 1. The van der Waals surface area contributed by atoms with Crippen LogP contribution in [0, 0.1) is 5.92 Å². The third-order valence-corrected chi connectivity index (χ3v) is 5.58. The molecule has 0 aliphatic heterocycles. The predicted octanol–water partition coefficient (Wildman–Crippen LogP) is 3.87. The summed E-state index contributed by atoms with van der Waals surface area (Å²) in [5.41, 5.74) is 6.66. The second-order valence-electron chi connectivity index (χ2n) is 7.55. The molecule has 0 spiro atoms. The Bertz CT molecular complexity index is 940. The van der Waals surface area contributed by atoms with Crippen LogP contribution < -0.4 is 20.9 Å². The summed E-state index contributed by atoms with van der Waals surface area (Å²) in [6.07, 6.45) is 5.12. The summed E-state index contributed by atoms with van der Waals surface area (Å²) in [4.78, 5) is 36.7. The Hall–Kier alpha value is -3.06. The van der Waals surface area contributed by atoms with Crippen LogP contribution in [0.25, 0.3) is 0 Å². The number of rotatable bonds is 6. The molecule has 8 heteroatoms. The normalized spacial score (nSPS) is 13.9. The molecule has 3 rings (SSSR count). The quantitative estimate of drug-likeness (QED) is 0.590. The molecule has 2 aromatic rings. The summed E-state index contributed by atoms with van der Waals surface area (Å²) in [6.45, 7) is 0. The number of hydrogen-bond donors (Lipinski definition) is 3. The summed E-state index contributed by atoms with van der Waals surface area (Å²) in [7, 11) is 1.53. The number of methoxy groups -OCH3 is 1. The monoisotopic (exact) mass is 443 g/mol. The maximum Gasteiger partial charge on any atom is 0.269 e. The van der Waals surface area contributed by atoms with Gasteiger partial charge in [-0.1, -0.05) is 36.9 Å². The average molecular weight is 444 g/mol. The zero-order valence-corrected chi connectivity index (χ0v) is 18.1. The minimum absolute atomic E-state index is 0.0350. The third kappa shape index (κ3) is 6.46. The number of nitrogens with one attached hydrogen (secondary N) is 3. The minimum Gasteiger partial charge on any atom is -0.495 e. The van der Waals surface area contributed by atoms with Gasteiger partial charge in [-0.2, -0.15) is 0 Å². The Morgan fingerprint density at radius 2 is 1.71 bits per heavy atom. The van der Waals surface area contributed by atoms with E-state index in [9.17, 15) is 14.4 Å². The molecule has 0 bridgehead atoms. The van der Waals surface area contributed by atoms with E-state index in [1.54, 1.807) is 42.5 Å². The highest BCUT2D eigenvalue weighted by Gasteiger charge is 2.21. The summed E-state index contributed by atoms with van der Waals surface area (Å²) in [5.74, 6) is -0.245. The van der Waals surface area contributed by atoms with Crippen molar-refractivity contribution >= 4 is 35.0 Å². The van der Waals surface area contributed by atoms with Gasteiger partial charge in [0.15, 0.2) is 0 Å². The molecule has 1 saturated carbocycles. The van der Waals surface area contributed by atoms with Crippen molar-refractivity contribution in [3.63, 3.8) is 0 Å². The lowest BCUT2D eigenvalue weighted by atomic mass is 9.89. The summed E-state index contributed by atoms with van der Waals surface area (Å²) in [6, 6.07) is 11.6. The maximum atomic E-state index is 12.3. The van der Waals surface area contributed by atoms with Crippen LogP contribution in [0.2, 0.25) is 5.02 Å². The number of hydrogen-bond acceptors (Lipinski definition) is 4. The molecular weight excluding hydrogens is 418 g/mol. The van der Waals surface area contributed by atoms with Gasteiger partial charge >= 0.3 is 0 Å². The van der Waals surface area contributed by atoms with Crippen molar-refractivity contribution in [1.29, 1.82) is 0 Å². The number of halogens is 1. The van der Waals surface area contributed by atoms with E-state index in [1.165, 1.54) is 7.11 Å². The van der Waals surface area contributed by atoms with Gasteiger partial charge in [0.2, 0.25) is 11.8 Å². The molecule has 164 valence electrons. The van der Waals surface area contributed by atoms with Gasteiger partial charge in [0.1, 0.15) is 5.75 Å². The highest BCUT2D eigenvalue weighted by atomic mass is 35.5. The standard InChI is InChI=1S/C23H26ClN3O4/c1-31-20-12-7-15(13-19(20)24)14-21(28)25-18-10-8-17(9-11-18)23(30)27-26-22(29)16-5-3-2-4-6-16/h7-13,16H,2-6,14H2,1H3,(H,25,28)(H,26,29)(H,27,30). The number of carbonyl (C=O) groups is 3. The molecule has 2 aromatic carbocycles. The van der Waals surface area contributed by atoms with E-state index in [4.69, 9.17) is 16.3 Å². The molecule has 0 atom stereocenters. The Morgan fingerprint density at radius 3 is 2.35 bits per heavy atom. The van der Waals surface area contributed by atoms with E-state index >= 15 is 0 Å². The second kappa shape index (κ2) is 10.8. The van der Waals surface area contributed by atoms with Gasteiger partial charge in [0.05, 0.1) is 18.6 Å². The Balaban J connectivity index is 1.48. The molecule has 7 nitrogen and oxygen atoms in total. The Kier molecular flexibility index (Phi) is 7.89. The number of anilines is 1. The summed E-state index contributed by atoms with van der Waals surface area (Å²) < 4.78 is 5.10. The lowest BCUT2D eigenvalue weighted by molar-refractivity contribution is -0.126. The van der Waals surface area contributed by atoms with Gasteiger partial charge in [0, 0.05) is 17.2 Å². The van der Waals surface area contributed by atoms with Crippen LogP contribution in [0.1, 0.15) is 48.0 Å². The van der Waals surface area contributed by atoms with E-state index in [1.807, 2.05) is 0 Å². The first-order chi connectivity index (χ1) is 15.0. The zero-order chi connectivity index (χ0) is 22.2. The maximum absolute atomic E-state index is 12.3. The van der Waals surface area contributed by atoms with Crippen LogP contribution in [-0.2, 0) is 16.0 Å². The van der Waals surface area contributed by atoms with Gasteiger partial charge in [-0.05, 0) is 54.8 Å². The fraction of sp³-hybridized carbons (Fsp3) is 0.348. The smallest absolute Gasteiger partial charge is 0.269 e. The van der Waals surface area contributed by atoms with Crippen molar-refractivity contribution in [2.75, 3.05) is 12.4 Å². The molecule has 3 N–H and O–H groups in total. The molecule has 0 saturated heterocycles. The van der Waals surface area contributed by atoms with E-state index < -0.39 is 5.91 Å². The van der Waals surface area contributed by atoms with E-state index in [0.29, 0.717) is 22.0 Å². The van der Waals surface area contributed by atoms with Crippen molar-refractivity contribution in [1.82, 2.24) is 10.9 Å². The van der Waals surface area contributed by atoms with E-state index in [0.717, 1.165) is 37.7 Å². The SMILES string of the molecule is COc1ccc(CC(=O)Nc2ccc(C(=O)NNC(=O)C3CCCCC3)cc2)cc1Cl. The van der Waals surface area contributed by atoms with Gasteiger partial charge in [0.25, 0.3) is 5.91 Å². The first-order valence-electron chi connectivity index (χ1n) is 10.3. The van der Waals surface area contributed by atoms with Crippen LogP contribution >= 0.6 is 11.6 Å². The van der Waals surface area contributed by atoms with Crippen molar-refractivity contribution in [3.8, 4) is 5.75 Å². The highest BCUT2D eigenvalue weighted by Crippen LogP contribution is 2.25. The topological polar surface area (TPSA) is 96.5 Å². The molecule has 0 unspecified atom stereocenters. The molecule has 0 aromatic heterocycles. The predicted molar refractivity (Wildman–Crippen MR) is 119 cm³/mol. The zero-order valence-electron chi connectivity index (χ0n) is 17.4. The van der Waals surface area contributed by atoms with Crippen LogP contribution in [-0.4, -0.2) is 24.8 Å². The minimum atomic E-state index is -0.407. The van der Waals surface area contributed by atoms with Crippen molar-refractivity contribution in [2.45, 2.75) is 38.5 Å². The number of amides is 3. The fourth-order valence-corrected chi connectivity index (χ4v) is 3.85. The van der Waals surface area contributed by atoms with Gasteiger partial charge < -0.3 is 10.1 Å². The van der Waals surface area contributed by atoms with Gasteiger partial charge in [-0.25, -0.2) is 0 Å². The molecular formula is C23H26ClN3O4. The van der Waals surface area contributed by atoms with Crippen molar-refractivity contribution in [3.05, 3.63) is 58.6 Å². The largest absolute Gasteiger partial charge is 0.495 e. The van der Waals surface area contributed by atoms with E-state index in [-0.39, 0.29) is 24.2 Å². The molecule has 1 aliphatic carbocycles. The third-order valence-electron chi connectivity index (χ3n) is 5.29.